The lowest BCUT2D eigenvalue weighted by atomic mass is 10.2. The van der Waals surface area contributed by atoms with Crippen LogP contribution in [-0.4, -0.2) is 23.8 Å². The molecule has 20 heavy (non-hydrogen) atoms. The Kier molecular flexibility index (Phi) is 5.07. The SMILES string of the molecule is CC(=O)/C=C/[C@@H]1CC[C@@H](C(=O)OCc2ccccc2)N1. The highest BCUT2D eigenvalue weighted by Crippen LogP contribution is 2.15. The van der Waals surface area contributed by atoms with E-state index >= 15 is 0 Å². The van der Waals surface area contributed by atoms with E-state index in [1.54, 1.807) is 0 Å². The molecule has 1 aliphatic rings. The summed E-state index contributed by atoms with van der Waals surface area (Å²) in [6, 6.07) is 9.41. The number of benzene rings is 1. The summed E-state index contributed by atoms with van der Waals surface area (Å²) in [7, 11) is 0. The number of hydrogen-bond acceptors (Lipinski definition) is 4. The fraction of sp³-hybridized carbons (Fsp3) is 0.375. The van der Waals surface area contributed by atoms with Crippen LogP contribution in [0.4, 0.5) is 0 Å². The highest BCUT2D eigenvalue weighted by Gasteiger charge is 2.28. The molecule has 0 spiro atoms. The Labute approximate surface area is 118 Å². The van der Waals surface area contributed by atoms with E-state index in [9.17, 15) is 9.59 Å². The summed E-state index contributed by atoms with van der Waals surface area (Å²) < 4.78 is 5.29. The minimum absolute atomic E-state index is 0.0157. The van der Waals surface area contributed by atoms with E-state index in [-0.39, 0.29) is 23.8 Å². The molecular formula is C16H19NO3. The first-order valence-electron chi connectivity index (χ1n) is 6.80. The summed E-state index contributed by atoms with van der Waals surface area (Å²) in [4.78, 5) is 22.8. The number of ketones is 1. The average Bonchev–Trinajstić information content (AvgIpc) is 2.92. The lowest BCUT2D eigenvalue weighted by Gasteiger charge is -2.11. The van der Waals surface area contributed by atoms with Crippen molar-refractivity contribution in [2.45, 2.75) is 38.5 Å². The second kappa shape index (κ2) is 7.01. The Morgan fingerprint density at radius 1 is 1.30 bits per heavy atom. The number of allylic oxidation sites excluding steroid dienone is 1. The monoisotopic (exact) mass is 273 g/mol. The molecule has 2 rings (SSSR count). The Bertz CT molecular complexity index is 496. The molecular weight excluding hydrogens is 254 g/mol. The molecule has 0 amide bonds. The predicted molar refractivity (Wildman–Crippen MR) is 76.0 cm³/mol. The van der Waals surface area contributed by atoms with Crippen molar-refractivity contribution in [3.63, 3.8) is 0 Å². The van der Waals surface area contributed by atoms with Crippen LogP contribution in [0.1, 0.15) is 25.3 Å². The van der Waals surface area contributed by atoms with Crippen molar-refractivity contribution in [2.75, 3.05) is 0 Å². The Morgan fingerprint density at radius 2 is 2.05 bits per heavy atom. The summed E-state index contributed by atoms with van der Waals surface area (Å²) in [5.74, 6) is -0.213. The summed E-state index contributed by atoms with van der Waals surface area (Å²) in [5, 5.41) is 3.17. The molecule has 1 aliphatic heterocycles. The van der Waals surface area contributed by atoms with E-state index in [1.165, 1.54) is 13.0 Å². The van der Waals surface area contributed by atoms with Crippen LogP contribution in [0.5, 0.6) is 0 Å². The normalized spacial score (nSPS) is 22.1. The first kappa shape index (κ1) is 14.5. The zero-order valence-corrected chi connectivity index (χ0v) is 11.5. The first-order chi connectivity index (χ1) is 9.65. The number of nitrogens with one attached hydrogen (secondary N) is 1. The molecule has 0 saturated carbocycles. The number of hydrogen-bond donors (Lipinski definition) is 1. The summed E-state index contributed by atoms with van der Waals surface area (Å²) in [6.07, 6.45) is 4.93. The molecule has 0 aromatic heterocycles. The third-order valence-electron chi connectivity index (χ3n) is 3.25. The maximum Gasteiger partial charge on any atom is 0.323 e. The van der Waals surface area contributed by atoms with E-state index in [0.29, 0.717) is 6.61 Å². The van der Waals surface area contributed by atoms with Gasteiger partial charge >= 0.3 is 5.97 Å². The molecule has 1 heterocycles. The number of ether oxygens (including phenoxy) is 1. The van der Waals surface area contributed by atoms with Gasteiger partial charge in [-0.1, -0.05) is 36.4 Å². The standard InChI is InChI=1S/C16H19NO3/c1-12(18)7-8-14-9-10-15(17-14)16(19)20-11-13-5-3-2-4-6-13/h2-8,14-15,17H,9-11H2,1H3/b8-7+/t14-,15+/m1/s1. The predicted octanol–water partition coefficient (Wildman–Crippen LogP) is 2.00. The summed E-state index contributed by atoms with van der Waals surface area (Å²) in [5.41, 5.74) is 0.979. The second-order valence-electron chi connectivity index (χ2n) is 4.97. The van der Waals surface area contributed by atoms with E-state index < -0.39 is 0 Å². The van der Waals surface area contributed by atoms with Crippen LogP contribution in [0.2, 0.25) is 0 Å². The van der Waals surface area contributed by atoms with Crippen molar-refractivity contribution in [3.8, 4) is 0 Å². The van der Waals surface area contributed by atoms with Crippen LogP contribution in [-0.2, 0) is 20.9 Å². The van der Waals surface area contributed by atoms with Crippen molar-refractivity contribution in [2.24, 2.45) is 0 Å². The highest BCUT2D eigenvalue weighted by atomic mass is 16.5. The largest absolute Gasteiger partial charge is 0.460 e. The molecule has 0 aliphatic carbocycles. The van der Waals surface area contributed by atoms with E-state index in [4.69, 9.17) is 4.74 Å². The van der Waals surface area contributed by atoms with Gasteiger partial charge in [0.1, 0.15) is 12.6 Å². The molecule has 1 aromatic rings. The minimum atomic E-state index is -0.277. The van der Waals surface area contributed by atoms with Crippen LogP contribution in [0.3, 0.4) is 0 Å². The van der Waals surface area contributed by atoms with Gasteiger partial charge in [-0.25, -0.2) is 0 Å². The van der Waals surface area contributed by atoms with Gasteiger partial charge in [0.05, 0.1) is 0 Å². The van der Waals surface area contributed by atoms with Gasteiger partial charge in [-0.2, -0.15) is 0 Å². The lowest BCUT2D eigenvalue weighted by molar-refractivity contribution is -0.147. The molecule has 0 radical (unpaired) electrons. The Morgan fingerprint density at radius 3 is 2.75 bits per heavy atom. The molecule has 0 bridgehead atoms. The van der Waals surface area contributed by atoms with Gasteiger partial charge in [0.25, 0.3) is 0 Å². The Balaban J connectivity index is 1.78. The van der Waals surface area contributed by atoms with Crippen LogP contribution in [0.15, 0.2) is 42.5 Å². The summed E-state index contributed by atoms with van der Waals surface area (Å²) >= 11 is 0. The Hall–Kier alpha value is -1.94. The zero-order chi connectivity index (χ0) is 14.4. The molecule has 1 aromatic carbocycles. The van der Waals surface area contributed by atoms with Gasteiger partial charge in [0.15, 0.2) is 5.78 Å². The fourth-order valence-electron chi connectivity index (χ4n) is 2.19. The average molecular weight is 273 g/mol. The number of esters is 1. The number of carbonyl (C=O) groups is 2. The van der Waals surface area contributed by atoms with Crippen molar-refractivity contribution < 1.29 is 14.3 Å². The van der Waals surface area contributed by atoms with Gasteiger partial charge in [-0.05, 0) is 31.4 Å². The molecule has 2 atom stereocenters. The third kappa shape index (κ3) is 4.31. The smallest absolute Gasteiger partial charge is 0.323 e. The molecule has 106 valence electrons. The fourth-order valence-corrected chi connectivity index (χ4v) is 2.19. The minimum Gasteiger partial charge on any atom is -0.460 e. The van der Waals surface area contributed by atoms with Crippen molar-refractivity contribution >= 4 is 11.8 Å². The molecule has 4 nitrogen and oxygen atoms in total. The van der Waals surface area contributed by atoms with E-state index in [0.717, 1.165) is 18.4 Å². The lowest BCUT2D eigenvalue weighted by Crippen LogP contribution is -2.35. The zero-order valence-electron chi connectivity index (χ0n) is 11.5. The van der Waals surface area contributed by atoms with Crippen LogP contribution >= 0.6 is 0 Å². The summed E-state index contributed by atoms with van der Waals surface area (Å²) in [6.45, 7) is 1.81. The highest BCUT2D eigenvalue weighted by molar-refractivity contribution is 5.87. The molecule has 1 N–H and O–H groups in total. The van der Waals surface area contributed by atoms with Crippen LogP contribution in [0.25, 0.3) is 0 Å². The number of carbonyl (C=O) groups excluding carboxylic acids is 2. The van der Waals surface area contributed by atoms with Gasteiger partial charge in [0.2, 0.25) is 0 Å². The molecule has 4 heteroatoms. The third-order valence-corrected chi connectivity index (χ3v) is 3.25. The van der Waals surface area contributed by atoms with E-state index in [2.05, 4.69) is 5.32 Å². The van der Waals surface area contributed by atoms with Gasteiger partial charge in [-0.15, -0.1) is 0 Å². The quantitative estimate of drug-likeness (QED) is 0.658. The topological polar surface area (TPSA) is 55.4 Å². The molecule has 1 fully saturated rings. The van der Waals surface area contributed by atoms with Crippen molar-refractivity contribution in [1.82, 2.24) is 5.32 Å². The molecule has 1 saturated heterocycles. The van der Waals surface area contributed by atoms with Gasteiger partial charge in [-0.3, -0.25) is 14.9 Å². The first-order valence-corrected chi connectivity index (χ1v) is 6.80. The van der Waals surface area contributed by atoms with E-state index in [1.807, 2.05) is 36.4 Å². The van der Waals surface area contributed by atoms with Crippen molar-refractivity contribution in [3.05, 3.63) is 48.0 Å². The van der Waals surface area contributed by atoms with Crippen LogP contribution in [0, 0.1) is 0 Å². The molecule has 0 unspecified atom stereocenters. The van der Waals surface area contributed by atoms with Gasteiger partial charge in [0, 0.05) is 6.04 Å². The van der Waals surface area contributed by atoms with Gasteiger partial charge < -0.3 is 4.74 Å². The second-order valence-corrected chi connectivity index (χ2v) is 4.97. The van der Waals surface area contributed by atoms with Crippen LogP contribution < -0.4 is 5.32 Å². The maximum atomic E-state index is 11.9. The van der Waals surface area contributed by atoms with Crippen molar-refractivity contribution in [1.29, 1.82) is 0 Å². The number of rotatable bonds is 5. The maximum absolute atomic E-state index is 11.9.